The van der Waals surface area contributed by atoms with Crippen molar-refractivity contribution in [3.8, 4) is 16.9 Å². The molecule has 110 valence electrons. The van der Waals surface area contributed by atoms with Gasteiger partial charge in [0.25, 0.3) is 0 Å². The average Bonchev–Trinajstić information content (AvgIpc) is 2.55. The van der Waals surface area contributed by atoms with Gasteiger partial charge in [-0.15, -0.1) is 0 Å². The van der Waals surface area contributed by atoms with E-state index >= 15 is 0 Å². The first kappa shape index (κ1) is 14.1. The highest BCUT2D eigenvalue weighted by molar-refractivity contribution is 5.66. The highest BCUT2D eigenvalue weighted by Gasteiger charge is 2.20. The van der Waals surface area contributed by atoms with Crippen molar-refractivity contribution < 1.29 is 9.13 Å². The molecule has 0 amide bonds. The van der Waals surface area contributed by atoms with Gasteiger partial charge in [-0.25, -0.2) is 4.39 Å². The van der Waals surface area contributed by atoms with Crippen molar-refractivity contribution in [3.05, 3.63) is 53.8 Å². The first-order valence-electron chi connectivity index (χ1n) is 7.43. The third kappa shape index (κ3) is 2.93. The van der Waals surface area contributed by atoms with Gasteiger partial charge in [0.15, 0.2) is 0 Å². The average molecular weight is 285 g/mol. The zero-order chi connectivity index (χ0) is 14.7. The summed E-state index contributed by atoms with van der Waals surface area (Å²) in [4.78, 5) is 0. The molecule has 1 N–H and O–H groups in total. The summed E-state index contributed by atoms with van der Waals surface area (Å²) in [5.41, 5.74) is 2.76. The molecule has 0 atom stereocenters. The Hall–Kier alpha value is -1.87. The van der Waals surface area contributed by atoms with Crippen molar-refractivity contribution >= 4 is 0 Å². The number of nitrogens with one attached hydrogen (secondary N) is 1. The molecule has 0 unspecified atom stereocenters. The van der Waals surface area contributed by atoms with Gasteiger partial charge in [0, 0.05) is 5.56 Å². The highest BCUT2D eigenvalue weighted by atomic mass is 19.1. The zero-order valence-electron chi connectivity index (χ0n) is 12.2. The lowest BCUT2D eigenvalue weighted by Gasteiger charge is -2.25. The first-order chi connectivity index (χ1) is 10.3. The van der Waals surface area contributed by atoms with Crippen LogP contribution in [-0.4, -0.2) is 20.2 Å². The SMILES string of the molecule is COc1ccc(-c2ccccc2F)cc1C1CCNCC1. The maximum Gasteiger partial charge on any atom is 0.131 e. The lowest BCUT2D eigenvalue weighted by Crippen LogP contribution is -2.26. The standard InChI is InChI=1S/C18H20FNO/c1-21-18-7-6-14(15-4-2-3-5-17(15)19)12-16(18)13-8-10-20-11-9-13/h2-7,12-13,20H,8-11H2,1H3. The fourth-order valence-corrected chi connectivity index (χ4v) is 3.05. The fourth-order valence-electron chi connectivity index (χ4n) is 3.05. The number of piperidine rings is 1. The second kappa shape index (κ2) is 6.27. The number of methoxy groups -OCH3 is 1. The maximum atomic E-state index is 14.0. The quantitative estimate of drug-likeness (QED) is 0.921. The molecule has 2 aromatic rings. The van der Waals surface area contributed by atoms with Crippen molar-refractivity contribution in [2.45, 2.75) is 18.8 Å². The van der Waals surface area contributed by atoms with Gasteiger partial charge in [0.2, 0.25) is 0 Å². The van der Waals surface area contributed by atoms with Gasteiger partial charge in [0.05, 0.1) is 7.11 Å². The van der Waals surface area contributed by atoms with Gasteiger partial charge in [0.1, 0.15) is 11.6 Å². The number of benzene rings is 2. The first-order valence-corrected chi connectivity index (χ1v) is 7.43. The molecule has 2 aromatic carbocycles. The van der Waals surface area contributed by atoms with Crippen LogP contribution in [-0.2, 0) is 0 Å². The van der Waals surface area contributed by atoms with E-state index in [9.17, 15) is 4.39 Å². The summed E-state index contributed by atoms with van der Waals surface area (Å²) < 4.78 is 19.5. The molecule has 3 rings (SSSR count). The van der Waals surface area contributed by atoms with Crippen LogP contribution < -0.4 is 10.1 Å². The van der Waals surface area contributed by atoms with E-state index in [-0.39, 0.29) is 5.82 Å². The Kier molecular flexibility index (Phi) is 4.20. The Morgan fingerprint density at radius 2 is 1.86 bits per heavy atom. The van der Waals surface area contributed by atoms with E-state index in [0.29, 0.717) is 11.5 Å². The molecule has 21 heavy (non-hydrogen) atoms. The van der Waals surface area contributed by atoms with Gasteiger partial charge in [-0.3, -0.25) is 0 Å². The van der Waals surface area contributed by atoms with E-state index in [0.717, 1.165) is 37.2 Å². The topological polar surface area (TPSA) is 21.3 Å². The molecule has 2 nitrogen and oxygen atoms in total. The third-order valence-corrected chi connectivity index (χ3v) is 4.19. The van der Waals surface area contributed by atoms with E-state index in [1.165, 1.54) is 11.6 Å². The molecule has 0 saturated carbocycles. The van der Waals surface area contributed by atoms with Crippen LogP contribution in [0.4, 0.5) is 4.39 Å². The predicted octanol–water partition coefficient (Wildman–Crippen LogP) is 3.97. The summed E-state index contributed by atoms with van der Waals surface area (Å²) >= 11 is 0. The van der Waals surface area contributed by atoms with Crippen LogP contribution in [0.15, 0.2) is 42.5 Å². The molecule has 1 saturated heterocycles. The van der Waals surface area contributed by atoms with Crippen molar-refractivity contribution in [1.82, 2.24) is 5.32 Å². The third-order valence-electron chi connectivity index (χ3n) is 4.19. The Labute approximate surface area is 125 Å². The van der Waals surface area contributed by atoms with Gasteiger partial charge < -0.3 is 10.1 Å². The van der Waals surface area contributed by atoms with Crippen LogP contribution in [0.1, 0.15) is 24.3 Å². The molecule has 0 spiro atoms. The van der Waals surface area contributed by atoms with E-state index in [1.807, 2.05) is 24.3 Å². The summed E-state index contributed by atoms with van der Waals surface area (Å²) in [6, 6.07) is 12.9. The summed E-state index contributed by atoms with van der Waals surface area (Å²) in [5, 5.41) is 3.38. The molecular formula is C18H20FNO. The number of hydrogen-bond acceptors (Lipinski definition) is 2. The minimum atomic E-state index is -0.182. The van der Waals surface area contributed by atoms with E-state index in [1.54, 1.807) is 13.2 Å². The van der Waals surface area contributed by atoms with Gasteiger partial charge in [-0.05, 0) is 61.2 Å². The lowest BCUT2D eigenvalue weighted by molar-refractivity contribution is 0.392. The Balaban J connectivity index is 2.02. The van der Waals surface area contributed by atoms with Crippen molar-refractivity contribution in [3.63, 3.8) is 0 Å². The summed E-state index contributed by atoms with van der Waals surface area (Å²) in [6.07, 6.45) is 2.19. The van der Waals surface area contributed by atoms with E-state index < -0.39 is 0 Å². The van der Waals surface area contributed by atoms with E-state index in [4.69, 9.17) is 4.74 Å². The smallest absolute Gasteiger partial charge is 0.131 e. The Bertz CT molecular complexity index is 620. The molecule has 3 heteroatoms. The molecule has 1 fully saturated rings. The number of rotatable bonds is 3. The second-order valence-corrected chi connectivity index (χ2v) is 5.46. The minimum Gasteiger partial charge on any atom is -0.496 e. The number of halogens is 1. The predicted molar refractivity (Wildman–Crippen MR) is 83.2 cm³/mol. The van der Waals surface area contributed by atoms with Crippen LogP contribution in [0.5, 0.6) is 5.75 Å². The van der Waals surface area contributed by atoms with Crippen LogP contribution in [0.25, 0.3) is 11.1 Å². The summed E-state index contributed by atoms with van der Waals surface area (Å²) in [6.45, 7) is 2.05. The lowest BCUT2D eigenvalue weighted by atomic mass is 9.87. The highest BCUT2D eigenvalue weighted by Crippen LogP contribution is 2.36. The van der Waals surface area contributed by atoms with Gasteiger partial charge in [-0.1, -0.05) is 24.3 Å². The molecule has 0 aromatic heterocycles. The molecule has 1 aliphatic heterocycles. The van der Waals surface area contributed by atoms with Crippen LogP contribution in [0.2, 0.25) is 0 Å². The van der Waals surface area contributed by atoms with Crippen molar-refractivity contribution in [2.75, 3.05) is 20.2 Å². The number of hydrogen-bond donors (Lipinski definition) is 1. The molecule has 1 aliphatic rings. The molecule has 1 heterocycles. The van der Waals surface area contributed by atoms with Crippen LogP contribution >= 0.6 is 0 Å². The maximum absolute atomic E-state index is 14.0. The minimum absolute atomic E-state index is 0.182. The fraction of sp³-hybridized carbons (Fsp3) is 0.333. The summed E-state index contributed by atoms with van der Waals surface area (Å²) in [7, 11) is 1.70. The molecule has 0 radical (unpaired) electrons. The largest absolute Gasteiger partial charge is 0.496 e. The van der Waals surface area contributed by atoms with Crippen LogP contribution in [0, 0.1) is 5.82 Å². The molecular weight excluding hydrogens is 265 g/mol. The Morgan fingerprint density at radius 3 is 2.57 bits per heavy atom. The monoisotopic (exact) mass is 285 g/mol. The zero-order valence-corrected chi connectivity index (χ0v) is 12.2. The van der Waals surface area contributed by atoms with E-state index in [2.05, 4.69) is 11.4 Å². The Morgan fingerprint density at radius 1 is 1.10 bits per heavy atom. The second-order valence-electron chi connectivity index (χ2n) is 5.46. The summed E-state index contributed by atoms with van der Waals surface area (Å²) in [5.74, 6) is 1.20. The normalized spacial score (nSPS) is 15.9. The molecule has 0 bridgehead atoms. The van der Waals surface area contributed by atoms with Crippen LogP contribution in [0.3, 0.4) is 0 Å². The van der Waals surface area contributed by atoms with Crippen molar-refractivity contribution in [2.24, 2.45) is 0 Å². The number of ether oxygens (including phenoxy) is 1. The van der Waals surface area contributed by atoms with Crippen molar-refractivity contribution in [1.29, 1.82) is 0 Å². The van der Waals surface area contributed by atoms with Gasteiger partial charge >= 0.3 is 0 Å². The molecule has 0 aliphatic carbocycles. The van der Waals surface area contributed by atoms with Gasteiger partial charge in [-0.2, -0.15) is 0 Å².